The standard InChI is InChI=1S/C19H26FN5O2/c1-23(13-17(27)14-26)18-5-6-21-19(22-18)25-9-7-24(8-10-25)12-15-3-2-4-16(20)11-15/h2-6,11,17,26-27H,7-10,12-14H2,1H3. The number of benzene rings is 1. The lowest BCUT2D eigenvalue weighted by Crippen LogP contribution is -2.46. The number of aliphatic hydroxyl groups excluding tert-OH is 2. The van der Waals surface area contributed by atoms with Crippen LogP contribution >= 0.6 is 0 Å². The van der Waals surface area contributed by atoms with Crippen molar-refractivity contribution in [3.63, 3.8) is 0 Å². The minimum absolute atomic E-state index is 0.202. The molecule has 0 amide bonds. The van der Waals surface area contributed by atoms with Gasteiger partial charge in [-0.05, 0) is 23.8 Å². The molecule has 3 rings (SSSR count). The maximum atomic E-state index is 13.3. The molecule has 8 heteroatoms. The second kappa shape index (κ2) is 9.07. The van der Waals surface area contributed by atoms with Gasteiger partial charge in [0, 0.05) is 52.5 Å². The number of hydrogen-bond acceptors (Lipinski definition) is 7. The van der Waals surface area contributed by atoms with Crippen LogP contribution in [0, 0.1) is 5.82 Å². The molecule has 1 aromatic heterocycles. The lowest BCUT2D eigenvalue weighted by Gasteiger charge is -2.35. The highest BCUT2D eigenvalue weighted by atomic mass is 19.1. The molecular weight excluding hydrogens is 349 g/mol. The molecule has 1 fully saturated rings. The third-order valence-corrected chi connectivity index (χ3v) is 4.66. The Morgan fingerprint density at radius 2 is 2.00 bits per heavy atom. The zero-order valence-corrected chi connectivity index (χ0v) is 15.5. The summed E-state index contributed by atoms with van der Waals surface area (Å²) in [7, 11) is 1.82. The molecule has 0 spiro atoms. The molecular formula is C19H26FN5O2. The van der Waals surface area contributed by atoms with Crippen LogP contribution in [0.2, 0.25) is 0 Å². The number of nitrogens with zero attached hydrogens (tertiary/aromatic N) is 5. The van der Waals surface area contributed by atoms with E-state index in [9.17, 15) is 9.50 Å². The zero-order valence-electron chi connectivity index (χ0n) is 15.5. The monoisotopic (exact) mass is 375 g/mol. The van der Waals surface area contributed by atoms with Crippen LogP contribution in [-0.4, -0.2) is 77.6 Å². The van der Waals surface area contributed by atoms with Gasteiger partial charge in [-0.3, -0.25) is 4.90 Å². The average molecular weight is 375 g/mol. The highest BCUT2D eigenvalue weighted by Gasteiger charge is 2.20. The first kappa shape index (κ1) is 19.5. The number of hydrogen-bond donors (Lipinski definition) is 2. The van der Waals surface area contributed by atoms with Crippen molar-refractivity contribution < 1.29 is 14.6 Å². The molecule has 7 nitrogen and oxygen atoms in total. The van der Waals surface area contributed by atoms with E-state index in [4.69, 9.17) is 5.11 Å². The van der Waals surface area contributed by atoms with Crippen molar-refractivity contribution in [3.05, 3.63) is 47.9 Å². The maximum absolute atomic E-state index is 13.3. The molecule has 2 heterocycles. The minimum atomic E-state index is -0.806. The molecule has 1 aliphatic heterocycles. The number of rotatable bonds is 7. The third kappa shape index (κ3) is 5.35. The Morgan fingerprint density at radius 3 is 2.70 bits per heavy atom. The summed E-state index contributed by atoms with van der Waals surface area (Å²) >= 11 is 0. The van der Waals surface area contributed by atoms with Gasteiger partial charge < -0.3 is 20.0 Å². The Bertz CT molecular complexity index is 740. The molecule has 27 heavy (non-hydrogen) atoms. The Morgan fingerprint density at radius 1 is 1.22 bits per heavy atom. The number of likely N-dealkylation sites (N-methyl/N-ethyl adjacent to an activating group) is 1. The van der Waals surface area contributed by atoms with E-state index >= 15 is 0 Å². The quantitative estimate of drug-likeness (QED) is 0.739. The lowest BCUT2D eigenvalue weighted by atomic mass is 10.2. The predicted octanol–water partition coefficient (Wildman–Crippen LogP) is 0.727. The largest absolute Gasteiger partial charge is 0.394 e. The van der Waals surface area contributed by atoms with Crippen molar-refractivity contribution in [3.8, 4) is 0 Å². The van der Waals surface area contributed by atoms with E-state index in [0.717, 1.165) is 38.3 Å². The molecule has 0 bridgehead atoms. The second-order valence-corrected chi connectivity index (χ2v) is 6.82. The van der Waals surface area contributed by atoms with Gasteiger partial charge in [-0.25, -0.2) is 9.37 Å². The summed E-state index contributed by atoms with van der Waals surface area (Å²) in [6.07, 6.45) is 0.901. The van der Waals surface area contributed by atoms with Gasteiger partial charge in [-0.2, -0.15) is 4.98 Å². The summed E-state index contributed by atoms with van der Waals surface area (Å²) in [6, 6.07) is 8.51. The number of piperazine rings is 1. The van der Waals surface area contributed by atoms with E-state index in [2.05, 4.69) is 19.8 Å². The molecule has 0 radical (unpaired) electrons. The summed E-state index contributed by atoms with van der Waals surface area (Å²) in [5, 5.41) is 18.6. The summed E-state index contributed by atoms with van der Waals surface area (Å²) in [5.41, 5.74) is 0.978. The van der Waals surface area contributed by atoms with Crippen LogP contribution in [0.4, 0.5) is 16.2 Å². The van der Waals surface area contributed by atoms with Crippen LogP contribution in [0.3, 0.4) is 0 Å². The Hall–Kier alpha value is -2.29. The fraction of sp³-hybridized carbons (Fsp3) is 0.474. The van der Waals surface area contributed by atoms with Crippen molar-refractivity contribution in [2.75, 3.05) is 56.2 Å². The summed E-state index contributed by atoms with van der Waals surface area (Å²) in [5.74, 6) is 1.16. The summed E-state index contributed by atoms with van der Waals surface area (Å²) in [4.78, 5) is 15.2. The first-order valence-corrected chi connectivity index (χ1v) is 9.10. The topological polar surface area (TPSA) is 76.0 Å². The van der Waals surface area contributed by atoms with Crippen LogP contribution < -0.4 is 9.80 Å². The van der Waals surface area contributed by atoms with E-state index < -0.39 is 6.10 Å². The number of aliphatic hydroxyl groups is 2. The van der Waals surface area contributed by atoms with Gasteiger partial charge in [0.1, 0.15) is 11.6 Å². The van der Waals surface area contributed by atoms with E-state index in [0.29, 0.717) is 18.3 Å². The molecule has 1 unspecified atom stereocenters. The Balaban J connectivity index is 1.57. The SMILES string of the molecule is CN(CC(O)CO)c1ccnc(N2CCN(Cc3cccc(F)c3)CC2)n1. The second-order valence-electron chi connectivity index (χ2n) is 6.82. The molecule has 1 atom stereocenters. The highest BCUT2D eigenvalue weighted by molar-refractivity contribution is 5.43. The van der Waals surface area contributed by atoms with Gasteiger partial charge in [-0.15, -0.1) is 0 Å². The molecule has 0 saturated carbocycles. The molecule has 2 aromatic rings. The molecule has 1 aliphatic rings. The van der Waals surface area contributed by atoms with Crippen molar-refractivity contribution in [2.24, 2.45) is 0 Å². The van der Waals surface area contributed by atoms with Crippen LogP contribution in [0.25, 0.3) is 0 Å². The van der Waals surface area contributed by atoms with E-state index in [1.807, 2.05) is 13.1 Å². The van der Waals surface area contributed by atoms with E-state index in [1.54, 1.807) is 29.3 Å². The lowest BCUT2D eigenvalue weighted by molar-refractivity contribution is 0.101. The van der Waals surface area contributed by atoms with Crippen LogP contribution in [-0.2, 0) is 6.54 Å². The first-order chi connectivity index (χ1) is 13.0. The van der Waals surface area contributed by atoms with Crippen molar-refractivity contribution in [2.45, 2.75) is 12.6 Å². The summed E-state index contributed by atoms with van der Waals surface area (Å²) in [6.45, 7) is 4.04. The Labute approximate surface area is 158 Å². The number of aromatic nitrogens is 2. The maximum Gasteiger partial charge on any atom is 0.227 e. The molecule has 1 saturated heterocycles. The van der Waals surface area contributed by atoms with Gasteiger partial charge in [0.05, 0.1) is 12.7 Å². The van der Waals surface area contributed by atoms with Crippen molar-refractivity contribution >= 4 is 11.8 Å². The zero-order chi connectivity index (χ0) is 19.2. The number of halogens is 1. The van der Waals surface area contributed by atoms with Gasteiger partial charge in [0.25, 0.3) is 0 Å². The Kier molecular flexibility index (Phi) is 6.54. The van der Waals surface area contributed by atoms with Gasteiger partial charge in [0.2, 0.25) is 5.95 Å². The fourth-order valence-electron chi connectivity index (χ4n) is 3.17. The van der Waals surface area contributed by atoms with Crippen LogP contribution in [0.1, 0.15) is 5.56 Å². The number of anilines is 2. The normalized spacial score (nSPS) is 16.4. The van der Waals surface area contributed by atoms with Crippen molar-refractivity contribution in [1.29, 1.82) is 0 Å². The molecule has 146 valence electrons. The fourth-order valence-corrected chi connectivity index (χ4v) is 3.17. The first-order valence-electron chi connectivity index (χ1n) is 9.10. The van der Waals surface area contributed by atoms with Gasteiger partial charge in [0.15, 0.2) is 0 Å². The molecule has 1 aromatic carbocycles. The highest BCUT2D eigenvalue weighted by Crippen LogP contribution is 2.17. The van der Waals surface area contributed by atoms with E-state index in [1.165, 1.54) is 6.07 Å². The van der Waals surface area contributed by atoms with Crippen LogP contribution in [0.15, 0.2) is 36.5 Å². The van der Waals surface area contributed by atoms with E-state index in [-0.39, 0.29) is 12.4 Å². The van der Waals surface area contributed by atoms with Crippen molar-refractivity contribution in [1.82, 2.24) is 14.9 Å². The van der Waals surface area contributed by atoms with Gasteiger partial charge >= 0.3 is 0 Å². The van der Waals surface area contributed by atoms with Crippen LogP contribution in [0.5, 0.6) is 0 Å². The molecule has 2 N–H and O–H groups in total. The molecule has 0 aliphatic carbocycles. The third-order valence-electron chi connectivity index (χ3n) is 4.66. The minimum Gasteiger partial charge on any atom is -0.394 e. The average Bonchev–Trinajstić information content (AvgIpc) is 2.68. The summed E-state index contributed by atoms with van der Waals surface area (Å²) < 4.78 is 13.3. The smallest absolute Gasteiger partial charge is 0.227 e. The predicted molar refractivity (Wildman–Crippen MR) is 102 cm³/mol. The van der Waals surface area contributed by atoms with Gasteiger partial charge in [-0.1, -0.05) is 12.1 Å².